The van der Waals surface area contributed by atoms with E-state index in [9.17, 15) is 14.4 Å². The lowest BCUT2D eigenvalue weighted by Gasteiger charge is -2.26. The zero-order chi connectivity index (χ0) is 19.5. The van der Waals surface area contributed by atoms with Gasteiger partial charge in [-0.25, -0.2) is 0 Å². The van der Waals surface area contributed by atoms with Crippen LogP contribution in [0.4, 0.5) is 11.4 Å². The number of nitrogens with one attached hydrogen (secondary N) is 3. The lowest BCUT2D eigenvalue weighted by molar-refractivity contribution is -0.124. The van der Waals surface area contributed by atoms with Crippen molar-refractivity contribution in [1.82, 2.24) is 10.2 Å². The molecule has 3 amide bonds. The van der Waals surface area contributed by atoms with Crippen LogP contribution in [0.1, 0.15) is 15.9 Å². The quantitative estimate of drug-likeness (QED) is 0.740. The molecule has 1 saturated heterocycles. The molecule has 2 aromatic rings. The highest BCUT2D eigenvalue weighted by Crippen LogP contribution is 2.30. The van der Waals surface area contributed by atoms with Crippen LogP contribution in [0, 0.1) is 0 Å². The van der Waals surface area contributed by atoms with Gasteiger partial charge in [0.1, 0.15) is 5.75 Å². The molecule has 4 rings (SSSR count). The second-order valence-electron chi connectivity index (χ2n) is 6.76. The van der Waals surface area contributed by atoms with Crippen LogP contribution in [0.2, 0.25) is 0 Å². The largest absolute Gasteiger partial charge is 0.482 e. The molecule has 2 aliphatic heterocycles. The van der Waals surface area contributed by atoms with Crippen LogP contribution >= 0.6 is 0 Å². The molecule has 1 fully saturated rings. The van der Waals surface area contributed by atoms with Crippen molar-refractivity contribution in [3.63, 3.8) is 0 Å². The Labute approximate surface area is 161 Å². The van der Waals surface area contributed by atoms with Gasteiger partial charge in [-0.1, -0.05) is 12.1 Å². The number of anilines is 2. The Balaban J connectivity index is 1.39. The fourth-order valence-corrected chi connectivity index (χ4v) is 3.21. The van der Waals surface area contributed by atoms with E-state index >= 15 is 0 Å². The van der Waals surface area contributed by atoms with Crippen molar-refractivity contribution in [1.29, 1.82) is 0 Å². The number of ether oxygens (including phenoxy) is 1. The maximum atomic E-state index is 12.5. The SMILES string of the molecule is O=C1CN(Cc2ccc(C(=O)Nc3ccc4c(c3)NC(=O)CO4)cc2)CCN1. The van der Waals surface area contributed by atoms with Crippen LogP contribution in [-0.2, 0) is 16.1 Å². The highest BCUT2D eigenvalue weighted by atomic mass is 16.5. The topological polar surface area (TPSA) is 99.8 Å². The number of carbonyl (C=O) groups excluding carboxylic acids is 3. The number of fused-ring (bicyclic) bond motifs is 1. The lowest BCUT2D eigenvalue weighted by Crippen LogP contribution is -2.47. The Kier molecular flexibility index (Phi) is 4.94. The van der Waals surface area contributed by atoms with Crippen molar-refractivity contribution >= 4 is 29.1 Å². The summed E-state index contributed by atoms with van der Waals surface area (Å²) >= 11 is 0. The fraction of sp³-hybridized carbons (Fsp3) is 0.250. The molecule has 8 heteroatoms. The molecular formula is C20H20N4O4. The number of amides is 3. The Morgan fingerprint density at radius 1 is 1.11 bits per heavy atom. The molecule has 2 heterocycles. The predicted molar refractivity (Wildman–Crippen MR) is 103 cm³/mol. The van der Waals surface area contributed by atoms with E-state index in [4.69, 9.17) is 4.74 Å². The Morgan fingerprint density at radius 2 is 1.93 bits per heavy atom. The van der Waals surface area contributed by atoms with Gasteiger partial charge in [-0.15, -0.1) is 0 Å². The van der Waals surface area contributed by atoms with Crippen molar-refractivity contribution < 1.29 is 19.1 Å². The third kappa shape index (κ3) is 4.12. The van der Waals surface area contributed by atoms with E-state index < -0.39 is 0 Å². The molecule has 0 saturated carbocycles. The third-order valence-electron chi connectivity index (χ3n) is 4.61. The van der Waals surface area contributed by atoms with Crippen molar-refractivity contribution in [2.75, 3.05) is 36.9 Å². The predicted octanol–water partition coefficient (Wildman–Crippen LogP) is 1.20. The normalized spacial score (nSPS) is 16.4. The van der Waals surface area contributed by atoms with Crippen LogP contribution in [0.3, 0.4) is 0 Å². The first-order chi connectivity index (χ1) is 13.6. The van der Waals surface area contributed by atoms with Gasteiger partial charge >= 0.3 is 0 Å². The number of benzene rings is 2. The van der Waals surface area contributed by atoms with Gasteiger partial charge in [-0.05, 0) is 35.9 Å². The summed E-state index contributed by atoms with van der Waals surface area (Å²) in [5.74, 6) is 0.145. The average Bonchev–Trinajstić information content (AvgIpc) is 2.68. The van der Waals surface area contributed by atoms with E-state index in [-0.39, 0.29) is 24.3 Å². The van der Waals surface area contributed by atoms with Gasteiger partial charge in [-0.3, -0.25) is 19.3 Å². The zero-order valence-corrected chi connectivity index (χ0v) is 15.2. The maximum absolute atomic E-state index is 12.5. The van der Waals surface area contributed by atoms with E-state index in [0.29, 0.717) is 42.3 Å². The summed E-state index contributed by atoms with van der Waals surface area (Å²) < 4.78 is 5.31. The Bertz CT molecular complexity index is 926. The molecule has 144 valence electrons. The van der Waals surface area contributed by atoms with Crippen LogP contribution in [0.15, 0.2) is 42.5 Å². The van der Waals surface area contributed by atoms with Gasteiger partial charge in [0.25, 0.3) is 11.8 Å². The second kappa shape index (κ2) is 7.69. The molecule has 0 atom stereocenters. The molecule has 3 N–H and O–H groups in total. The summed E-state index contributed by atoms with van der Waals surface area (Å²) in [6, 6.07) is 12.4. The number of rotatable bonds is 4. The molecule has 8 nitrogen and oxygen atoms in total. The van der Waals surface area contributed by atoms with E-state index in [1.807, 2.05) is 12.1 Å². The van der Waals surface area contributed by atoms with Crippen LogP contribution in [-0.4, -0.2) is 48.9 Å². The van der Waals surface area contributed by atoms with Gasteiger partial charge in [-0.2, -0.15) is 0 Å². The van der Waals surface area contributed by atoms with E-state index in [1.165, 1.54) is 0 Å². The van der Waals surface area contributed by atoms with Gasteiger partial charge in [0, 0.05) is 30.9 Å². The summed E-state index contributed by atoms with van der Waals surface area (Å²) in [6.45, 7) is 2.52. The molecule has 2 aliphatic rings. The molecule has 0 aromatic heterocycles. The molecule has 0 unspecified atom stereocenters. The van der Waals surface area contributed by atoms with Crippen LogP contribution in [0.25, 0.3) is 0 Å². The fourth-order valence-electron chi connectivity index (χ4n) is 3.21. The zero-order valence-electron chi connectivity index (χ0n) is 15.2. The second-order valence-corrected chi connectivity index (χ2v) is 6.76. The molecule has 0 radical (unpaired) electrons. The number of piperazine rings is 1. The summed E-state index contributed by atoms with van der Waals surface area (Å²) in [6.07, 6.45) is 0. The average molecular weight is 380 g/mol. The lowest BCUT2D eigenvalue weighted by atomic mass is 10.1. The minimum Gasteiger partial charge on any atom is -0.482 e. The van der Waals surface area contributed by atoms with Crippen LogP contribution < -0.4 is 20.7 Å². The number of hydrogen-bond donors (Lipinski definition) is 3. The molecule has 0 aliphatic carbocycles. The number of carbonyl (C=O) groups is 3. The van der Waals surface area contributed by atoms with E-state index in [1.54, 1.807) is 30.3 Å². The first-order valence-electron chi connectivity index (χ1n) is 9.03. The molecule has 2 aromatic carbocycles. The summed E-state index contributed by atoms with van der Waals surface area (Å²) in [5, 5.41) is 8.34. The van der Waals surface area contributed by atoms with Crippen LogP contribution in [0.5, 0.6) is 5.75 Å². The van der Waals surface area contributed by atoms with E-state index in [2.05, 4.69) is 20.9 Å². The van der Waals surface area contributed by atoms with Gasteiger partial charge in [0.15, 0.2) is 6.61 Å². The molecule has 0 bridgehead atoms. The third-order valence-corrected chi connectivity index (χ3v) is 4.61. The Morgan fingerprint density at radius 3 is 2.71 bits per heavy atom. The van der Waals surface area contributed by atoms with Gasteiger partial charge in [0.2, 0.25) is 5.91 Å². The monoisotopic (exact) mass is 380 g/mol. The standard InChI is InChI=1S/C20H20N4O4/c25-18-11-24(8-7-21-18)10-13-1-3-14(4-2-13)20(27)22-15-5-6-17-16(9-15)23-19(26)12-28-17/h1-6,9H,7-8,10-12H2,(H,21,25)(H,22,27)(H,23,26). The van der Waals surface area contributed by atoms with Crippen molar-refractivity contribution in [3.8, 4) is 5.75 Å². The smallest absolute Gasteiger partial charge is 0.262 e. The van der Waals surface area contributed by atoms with Crippen molar-refractivity contribution in [3.05, 3.63) is 53.6 Å². The molecular weight excluding hydrogens is 360 g/mol. The minimum atomic E-state index is -0.244. The highest BCUT2D eigenvalue weighted by molar-refractivity contribution is 6.05. The first-order valence-corrected chi connectivity index (χ1v) is 9.03. The minimum absolute atomic E-state index is 0.00679. The highest BCUT2D eigenvalue weighted by Gasteiger charge is 2.18. The molecule has 28 heavy (non-hydrogen) atoms. The maximum Gasteiger partial charge on any atom is 0.262 e. The summed E-state index contributed by atoms with van der Waals surface area (Å²) in [7, 11) is 0. The summed E-state index contributed by atoms with van der Waals surface area (Å²) in [5.41, 5.74) is 2.67. The summed E-state index contributed by atoms with van der Waals surface area (Å²) in [4.78, 5) is 37.4. The van der Waals surface area contributed by atoms with E-state index in [0.717, 1.165) is 12.1 Å². The van der Waals surface area contributed by atoms with Crippen molar-refractivity contribution in [2.24, 2.45) is 0 Å². The first kappa shape index (κ1) is 18.0. The number of nitrogens with zero attached hydrogens (tertiary/aromatic N) is 1. The number of hydrogen-bond acceptors (Lipinski definition) is 5. The van der Waals surface area contributed by atoms with Gasteiger partial charge < -0.3 is 20.7 Å². The molecule has 0 spiro atoms. The van der Waals surface area contributed by atoms with Crippen molar-refractivity contribution in [2.45, 2.75) is 6.54 Å². The Hall–Kier alpha value is -3.39. The van der Waals surface area contributed by atoms with Gasteiger partial charge in [0.05, 0.1) is 12.2 Å².